The van der Waals surface area contributed by atoms with Crippen LogP contribution in [0.15, 0.2) is 71.6 Å². The number of aryl methyl sites for hydroxylation is 3. The fourth-order valence-corrected chi connectivity index (χ4v) is 5.07. The van der Waals surface area contributed by atoms with Gasteiger partial charge in [-0.1, -0.05) is 49.7 Å². The van der Waals surface area contributed by atoms with Gasteiger partial charge in [0, 0.05) is 0 Å². The first-order valence-corrected chi connectivity index (χ1v) is 12.6. The Morgan fingerprint density at radius 2 is 1.61 bits per heavy atom. The number of benzene rings is 3. The van der Waals surface area contributed by atoms with E-state index < -0.39 is 22.5 Å². The molecule has 0 aliphatic rings. The molecule has 0 spiro atoms. The van der Waals surface area contributed by atoms with E-state index in [1.165, 1.54) is 12.1 Å². The van der Waals surface area contributed by atoms with E-state index in [-0.39, 0.29) is 4.90 Å². The van der Waals surface area contributed by atoms with Crippen LogP contribution in [0.5, 0.6) is 5.75 Å². The number of carbonyl (C=O) groups excluding carboxylic acids is 1. The lowest BCUT2D eigenvalue weighted by Gasteiger charge is -2.23. The summed E-state index contributed by atoms with van der Waals surface area (Å²) in [7, 11) is -4.11. The Bertz CT molecular complexity index is 1200. The van der Waals surface area contributed by atoms with Crippen molar-refractivity contribution in [3.05, 3.63) is 89.0 Å². The van der Waals surface area contributed by atoms with Crippen molar-refractivity contribution < 1.29 is 17.9 Å². The SMILES string of the molecule is CCCCc1ccc(N(C(=O)COc2cc(C)cc(C)c2C)S(=O)(=O)c2ccccc2)cc1. The Morgan fingerprint density at radius 1 is 0.939 bits per heavy atom. The molecule has 0 aliphatic heterocycles. The van der Waals surface area contributed by atoms with Gasteiger partial charge in [-0.2, -0.15) is 4.31 Å². The second-order valence-electron chi connectivity index (χ2n) is 8.24. The molecule has 3 aromatic rings. The number of rotatable bonds is 9. The molecule has 0 unspecified atom stereocenters. The zero-order chi connectivity index (χ0) is 24.0. The molecule has 0 saturated carbocycles. The maximum absolute atomic E-state index is 13.5. The number of amides is 1. The summed E-state index contributed by atoms with van der Waals surface area (Å²) in [6.45, 7) is 7.57. The first-order valence-electron chi connectivity index (χ1n) is 11.2. The molecule has 3 aromatic carbocycles. The molecule has 0 heterocycles. The van der Waals surface area contributed by atoms with Crippen LogP contribution in [-0.4, -0.2) is 20.9 Å². The number of ether oxygens (including phenoxy) is 1. The molecular formula is C27H31NO4S. The van der Waals surface area contributed by atoms with Crippen LogP contribution < -0.4 is 9.04 Å². The van der Waals surface area contributed by atoms with E-state index >= 15 is 0 Å². The van der Waals surface area contributed by atoms with E-state index in [0.29, 0.717) is 11.4 Å². The third-order valence-electron chi connectivity index (χ3n) is 5.61. The summed E-state index contributed by atoms with van der Waals surface area (Å²) in [5.41, 5.74) is 4.38. The molecule has 5 nitrogen and oxygen atoms in total. The van der Waals surface area contributed by atoms with Gasteiger partial charge in [-0.3, -0.25) is 4.79 Å². The van der Waals surface area contributed by atoms with Crippen molar-refractivity contribution in [3.8, 4) is 5.75 Å². The van der Waals surface area contributed by atoms with Crippen molar-refractivity contribution in [1.29, 1.82) is 0 Å². The van der Waals surface area contributed by atoms with Crippen LogP contribution in [0.2, 0.25) is 0 Å². The Kier molecular flexibility index (Phi) is 7.92. The van der Waals surface area contributed by atoms with E-state index in [2.05, 4.69) is 6.92 Å². The molecule has 174 valence electrons. The fraction of sp³-hybridized carbons (Fsp3) is 0.296. The first kappa shape index (κ1) is 24.5. The highest BCUT2D eigenvalue weighted by Crippen LogP contribution is 2.27. The van der Waals surface area contributed by atoms with E-state index in [0.717, 1.165) is 45.8 Å². The van der Waals surface area contributed by atoms with Gasteiger partial charge < -0.3 is 4.74 Å². The predicted octanol–water partition coefficient (Wildman–Crippen LogP) is 5.76. The highest BCUT2D eigenvalue weighted by molar-refractivity contribution is 7.93. The minimum atomic E-state index is -4.11. The molecule has 0 N–H and O–H groups in total. The van der Waals surface area contributed by atoms with Gasteiger partial charge in [0.25, 0.3) is 15.9 Å². The molecule has 33 heavy (non-hydrogen) atoms. The summed E-state index contributed by atoms with van der Waals surface area (Å²) >= 11 is 0. The topological polar surface area (TPSA) is 63.7 Å². The average Bonchev–Trinajstić information content (AvgIpc) is 2.80. The molecule has 0 saturated heterocycles. The molecule has 0 aromatic heterocycles. The number of carbonyl (C=O) groups is 1. The van der Waals surface area contributed by atoms with Gasteiger partial charge in [0.1, 0.15) is 5.75 Å². The van der Waals surface area contributed by atoms with Crippen molar-refractivity contribution in [2.75, 3.05) is 10.9 Å². The Labute approximate surface area is 197 Å². The largest absolute Gasteiger partial charge is 0.483 e. The van der Waals surface area contributed by atoms with Crippen molar-refractivity contribution >= 4 is 21.6 Å². The molecule has 0 fully saturated rings. The molecule has 0 bridgehead atoms. The summed E-state index contributed by atoms with van der Waals surface area (Å²) in [6.07, 6.45) is 3.03. The van der Waals surface area contributed by atoms with Crippen molar-refractivity contribution in [2.24, 2.45) is 0 Å². The minimum absolute atomic E-state index is 0.0518. The summed E-state index contributed by atoms with van der Waals surface area (Å²) in [5, 5.41) is 0. The van der Waals surface area contributed by atoms with Crippen LogP contribution >= 0.6 is 0 Å². The van der Waals surface area contributed by atoms with Crippen LogP contribution in [0.1, 0.15) is 42.0 Å². The standard InChI is InChI=1S/C27H31NO4S/c1-5-6-10-23-13-15-24(16-14-23)28(33(30,31)25-11-8-7-9-12-25)27(29)19-32-26-18-20(2)17-21(3)22(26)4/h7-9,11-18H,5-6,10,19H2,1-4H3. The smallest absolute Gasteiger partial charge is 0.278 e. The number of unbranched alkanes of at least 4 members (excludes halogenated alkanes) is 1. The van der Waals surface area contributed by atoms with Gasteiger partial charge in [0.2, 0.25) is 0 Å². The Hall–Kier alpha value is -3.12. The van der Waals surface area contributed by atoms with Crippen LogP contribution in [0.4, 0.5) is 5.69 Å². The summed E-state index contributed by atoms with van der Waals surface area (Å²) in [5.74, 6) is -0.0773. The normalized spacial score (nSPS) is 11.3. The molecule has 0 radical (unpaired) electrons. The van der Waals surface area contributed by atoms with Gasteiger partial charge >= 0.3 is 0 Å². The van der Waals surface area contributed by atoms with E-state index in [1.807, 2.05) is 45.0 Å². The van der Waals surface area contributed by atoms with E-state index in [4.69, 9.17) is 4.74 Å². The first-order chi connectivity index (χ1) is 15.7. The Morgan fingerprint density at radius 3 is 2.24 bits per heavy atom. The van der Waals surface area contributed by atoms with Crippen LogP contribution in [0, 0.1) is 20.8 Å². The van der Waals surface area contributed by atoms with Crippen molar-refractivity contribution in [1.82, 2.24) is 0 Å². The molecule has 0 aliphatic carbocycles. The van der Waals surface area contributed by atoms with Gasteiger partial charge in [0.05, 0.1) is 10.6 Å². The summed E-state index contributed by atoms with van der Waals surface area (Å²) in [4.78, 5) is 13.3. The van der Waals surface area contributed by atoms with E-state index in [9.17, 15) is 13.2 Å². The third-order valence-corrected chi connectivity index (χ3v) is 7.38. The van der Waals surface area contributed by atoms with Crippen molar-refractivity contribution in [3.63, 3.8) is 0 Å². The lowest BCUT2D eigenvalue weighted by molar-refractivity contribution is -0.119. The highest BCUT2D eigenvalue weighted by atomic mass is 32.2. The van der Waals surface area contributed by atoms with Gasteiger partial charge in [-0.15, -0.1) is 0 Å². The molecule has 3 rings (SSSR count). The quantitative estimate of drug-likeness (QED) is 0.403. The molecule has 1 amide bonds. The summed E-state index contributed by atoms with van der Waals surface area (Å²) < 4.78 is 33.6. The third kappa shape index (κ3) is 5.82. The van der Waals surface area contributed by atoms with Crippen molar-refractivity contribution in [2.45, 2.75) is 51.9 Å². The number of hydrogen-bond acceptors (Lipinski definition) is 4. The highest BCUT2D eigenvalue weighted by Gasteiger charge is 2.31. The molecule has 6 heteroatoms. The average molecular weight is 466 g/mol. The zero-order valence-corrected chi connectivity index (χ0v) is 20.5. The second-order valence-corrected chi connectivity index (χ2v) is 10.0. The van der Waals surface area contributed by atoms with Gasteiger partial charge in [0.15, 0.2) is 6.61 Å². The zero-order valence-electron chi connectivity index (χ0n) is 19.7. The Balaban J connectivity index is 1.94. The summed E-state index contributed by atoms with van der Waals surface area (Å²) in [6, 6.07) is 19.0. The number of nitrogens with zero attached hydrogens (tertiary/aromatic N) is 1. The van der Waals surface area contributed by atoms with Gasteiger partial charge in [-0.05, 0) is 86.2 Å². The monoisotopic (exact) mass is 465 g/mol. The number of anilines is 1. The molecular weight excluding hydrogens is 434 g/mol. The predicted molar refractivity (Wildman–Crippen MR) is 132 cm³/mol. The fourth-order valence-electron chi connectivity index (χ4n) is 3.64. The molecule has 0 atom stereocenters. The lowest BCUT2D eigenvalue weighted by atomic mass is 10.1. The second kappa shape index (κ2) is 10.7. The number of hydrogen-bond donors (Lipinski definition) is 0. The van der Waals surface area contributed by atoms with Crippen LogP contribution in [0.3, 0.4) is 0 Å². The lowest BCUT2D eigenvalue weighted by Crippen LogP contribution is -2.40. The maximum Gasteiger partial charge on any atom is 0.278 e. The minimum Gasteiger partial charge on any atom is -0.483 e. The van der Waals surface area contributed by atoms with E-state index in [1.54, 1.807) is 30.3 Å². The van der Waals surface area contributed by atoms with Gasteiger partial charge in [-0.25, -0.2) is 8.42 Å². The number of sulfonamides is 1. The maximum atomic E-state index is 13.5. The van der Waals surface area contributed by atoms with Crippen LogP contribution in [0.25, 0.3) is 0 Å². The van der Waals surface area contributed by atoms with Crippen LogP contribution in [-0.2, 0) is 21.2 Å².